The van der Waals surface area contributed by atoms with Crippen molar-refractivity contribution in [1.29, 1.82) is 5.26 Å². The fraction of sp³-hybridized carbons (Fsp3) is 0.250. The van der Waals surface area contributed by atoms with E-state index in [-0.39, 0.29) is 17.8 Å². The number of hydrogen-bond acceptors (Lipinski definition) is 3. The highest BCUT2D eigenvalue weighted by Crippen LogP contribution is 2.18. The second kappa shape index (κ2) is 3.92. The van der Waals surface area contributed by atoms with Crippen LogP contribution in [0.1, 0.15) is 23.2 Å². The molecule has 0 fully saturated rings. The van der Waals surface area contributed by atoms with Crippen LogP contribution in [-0.4, -0.2) is 4.98 Å². The van der Waals surface area contributed by atoms with E-state index in [1.54, 1.807) is 0 Å². The second-order valence-corrected chi connectivity index (χ2v) is 2.38. The van der Waals surface area contributed by atoms with Crippen molar-refractivity contribution in [1.82, 2.24) is 4.98 Å². The molecular weight excluding hydrogens is 176 g/mol. The number of nitrogens with two attached hydrogens (primary N) is 1. The summed E-state index contributed by atoms with van der Waals surface area (Å²) >= 11 is 0. The molecule has 0 unspecified atom stereocenters. The number of aromatic nitrogens is 1. The Bertz CT molecular complexity index is 344. The minimum absolute atomic E-state index is 0.0606. The zero-order valence-corrected chi connectivity index (χ0v) is 6.67. The maximum absolute atomic E-state index is 12.1. The van der Waals surface area contributed by atoms with Crippen LogP contribution in [-0.2, 0) is 6.54 Å². The van der Waals surface area contributed by atoms with Crippen molar-refractivity contribution >= 4 is 0 Å². The van der Waals surface area contributed by atoms with Crippen LogP contribution < -0.4 is 5.73 Å². The zero-order valence-electron chi connectivity index (χ0n) is 6.67. The Morgan fingerprint density at radius 3 is 2.77 bits per heavy atom. The van der Waals surface area contributed by atoms with E-state index in [1.165, 1.54) is 0 Å². The molecule has 2 N–H and O–H groups in total. The van der Waals surface area contributed by atoms with Crippen molar-refractivity contribution < 1.29 is 8.78 Å². The highest BCUT2D eigenvalue weighted by Gasteiger charge is 2.11. The summed E-state index contributed by atoms with van der Waals surface area (Å²) < 4.78 is 24.3. The van der Waals surface area contributed by atoms with Crippen LogP contribution in [0.25, 0.3) is 0 Å². The van der Waals surface area contributed by atoms with Gasteiger partial charge in [0.1, 0.15) is 11.8 Å². The average Bonchev–Trinajstić information content (AvgIpc) is 2.16. The fourth-order valence-electron chi connectivity index (χ4n) is 0.904. The fourth-order valence-corrected chi connectivity index (χ4v) is 0.904. The number of nitrogens with zero attached hydrogens (tertiary/aromatic N) is 2. The van der Waals surface area contributed by atoms with Crippen molar-refractivity contribution in [2.24, 2.45) is 5.73 Å². The first-order valence-corrected chi connectivity index (χ1v) is 3.56. The van der Waals surface area contributed by atoms with Crippen LogP contribution in [0.4, 0.5) is 8.78 Å². The van der Waals surface area contributed by atoms with Crippen LogP contribution in [0.5, 0.6) is 0 Å². The van der Waals surface area contributed by atoms with Crippen molar-refractivity contribution in [3.05, 3.63) is 29.1 Å². The molecule has 13 heavy (non-hydrogen) atoms. The Balaban J connectivity index is 3.15. The zero-order chi connectivity index (χ0) is 9.84. The molecule has 0 aromatic carbocycles. The number of rotatable bonds is 2. The minimum Gasteiger partial charge on any atom is -0.326 e. The molecule has 0 aliphatic heterocycles. The first-order chi connectivity index (χ1) is 6.19. The molecule has 0 saturated carbocycles. The summed E-state index contributed by atoms with van der Waals surface area (Å²) in [4.78, 5) is 3.43. The number of nitriles is 1. The van der Waals surface area contributed by atoms with Crippen LogP contribution in [0, 0.1) is 11.3 Å². The number of halogens is 2. The smallest absolute Gasteiger partial charge is 0.280 e. The molecule has 0 atom stereocenters. The summed E-state index contributed by atoms with van der Waals surface area (Å²) in [5.41, 5.74) is 5.56. The Kier molecular flexibility index (Phi) is 2.88. The molecule has 1 rings (SSSR count). The quantitative estimate of drug-likeness (QED) is 0.752. The molecule has 0 amide bonds. The van der Waals surface area contributed by atoms with Gasteiger partial charge in [-0.1, -0.05) is 0 Å². The normalized spacial score (nSPS) is 10.1. The summed E-state index contributed by atoms with van der Waals surface area (Å²) in [6, 6.07) is 2.98. The third kappa shape index (κ3) is 1.98. The molecule has 68 valence electrons. The first-order valence-electron chi connectivity index (χ1n) is 3.56. The van der Waals surface area contributed by atoms with Gasteiger partial charge in [0.25, 0.3) is 6.43 Å². The number of alkyl halides is 2. The monoisotopic (exact) mass is 183 g/mol. The molecule has 3 nitrogen and oxygen atoms in total. The Morgan fingerprint density at radius 1 is 1.62 bits per heavy atom. The first kappa shape index (κ1) is 9.55. The highest BCUT2D eigenvalue weighted by atomic mass is 19.3. The Morgan fingerprint density at radius 2 is 2.31 bits per heavy atom. The Labute approximate surface area is 73.8 Å². The molecule has 1 aromatic heterocycles. The van der Waals surface area contributed by atoms with Gasteiger partial charge in [-0.25, -0.2) is 8.78 Å². The largest absolute Gasteiger partial charge is 0.326 e. The van der Waals surface area contributed by atoms with Gasteiger partial charge in [-0.2, -0.15) is 5.26 Å². The number of pyridine rings is 1. The third-order valence-corrected chi connectivity index (χ3v) is 1.57. The lowest BCUT2D eigenvalue weighted by molar-refractivity contribution is 0.146. The predicted octanol–water partition coefficient (Wildman–Crippen LogP) is 1.35. The average molecular weight is 183 g/mol. The van der Waals surface area contributed by atoms with Gasteiger partial charge in [0.15, 0.2) is 0 Å². The maximum atomic E-state index is 12.1. The molecule has 0 saturated heterocycles. The van der Waals surface area contributed by atoms with Gasteiger partial charge in [-0.05, 0) is 11.6 Å². The lowest BCUT2D eigenvalue weighted by Gasteiger charge is -2.02. The summed E-state index contributed by atoms with van der Waals surface area (Å²) in [5, 5.41) is 8.55. The molecule has 0 spiro atoms. The molecule has 1 aromatic rings. The minimum atomic E-state index is -2.63. The maximum Gasteiger partial charge on any atom is 0.280 e. The molecule has 0 aliphatic carbocycles. The number of hydrogen-bond donors (Lipinski definition) is 1. The second-order valence-electron chi connectivity index (χ2n) is 2.38. The van der Waals surface area contributed by atoms with Crippen molar-refractivity contribution in [3.8, 4) is 6.07 Å². The van der Waals surface area contributed by atoms with Gasteiger partial charge in [-0.15, -0.1) is 0 Å². The lowest BCUT2D eigenvalue weighted by atomic mass is 10.1. The Hall–Kier alpha value is -1.54. The third-order valence-electron chi connectivity index (χ3n) is 1.57. The molecule has 0 radical (unpaired) electrons. The molecule has 1 heterocycles. The SMILES string of the molecule is N#Cc1cnc(C(F)F)cc1CN. The van der Waals surface area contributed by atoms with E-state index in [2.05, 4.69) is 4.98 Å². The van der Waals surface area contributed by atoms with E-state index in [9.17, 15) is 8.78 Å². The van der Waals surface area contributed by atoms with E-state index in [0.717, 1.165) is 12.3 Å². The van der Waals surface area contributed by atoms with Crippen molar-refractivity contribution in [3.63, 3.8) is 0 Å². The van der Waals surface area contributed by atoms with Gasteiger partial charge in [0, 0.05) is 12.7 Å². The van der Waals surface area contributed by atoms with Crippen molar-refractivity contribution in [2.45, 2.75) is 13.0 Å². The van der Waals surface area contributed by atoms with Gasteiger partial charge < -0.3 is 5.73 Å². The van der Waals surface area contributed by atoms with Crippen LogP contribution in [0.2, 0.25) is 0 Å². The van der Waals surface area contributed by atoms with Crippen LogP contribution in [0.3, 0.4) is 0 Å². The molecule has 0 aliphatic rings. The summed E-state index contributed by atoms with van der Waals surface area (Å²) in [5.74, 6) is 0. The van der Waals surface area contributed by atoms with Crippen LogP contribution in [0.15, 0.2) is 12.3 Å². The predicted molar refractivity (Wildman–Crippen MR) is 41.8 cm³/mol. The van der Waals surface area contributed by atoms with Gasteiger partial charge in [0.05, 0.1) is 5.56 Å². The van der Waals surface area contributed by atoms with Gasteiger partial charge >= 0.3 is 0 Å². The standard InChI is InChI=1S/C8H7F2N3/c9-8(10)7-1-5(2-11)6(3-12)4-13-7/h1,4,8H,2,11H2. The van der Waals surface area contributed by atoms with E-state index in [0.29, 0.717) is 5.56 Å². The summed E-state index contributed by atoms with van der Waals surface area (Å²) in [6.07, 6.45) is -1.51. The van der Waals surface area contributed by atoms with E-state index in [1.807, 2.05) is 6.07 Å². The van der Waals surface area contributed by atoms with E-state index < -0.39 is 6.43 Å². The molecule has 0 bridgehead atoms. The van der Waals surface area contributed by atoms with E-state index >= 15 is 0 Å². The molecular formula is C8H7F2N3. The highest BCUT2D eigenvalue weighted by molar-refractivity contribution is 5.36. The summed E-state index contributed by atoms with van der Waals surface area (Å²) in [7, 11) is 0. The lowest BCUT2D eigenvalue weighted by Crippen LogP contribution is -2.02. The van der Waals surface area contributed by atoms with E-state index in [4.69, 9.17) is 11.0 Å². The topological polar surface area (TPSA) is 62.7 Å². The summed E-state index contributed by atoms with van der Waals surface area (Å²) in [6.45, 7) is 0.0606. The molecule has 5 heteroatoms. The van der Waals surface area contributed by atoms with Crippen molar-refractivity contribution in [2.75, 3.05) is 0 Å². The van der Waals surface area contributed by atoms with Gasteiger partial charge in [0.2, 0.25) is 0 Å². The van der Waals surface area contributed by atoms with Gasteiger partial charge in [-0.3, -0.25) is 4.98 Å². The van der Waals surface area contributed by atoms with Crippen LogP contribution >= 0.6 is 0 Å².